The largest absolute Gasteiger partial charge is 0.573 e. The molecule has 6 rings (SSSR count). The molecule has 0 bridgehead atoms. The van der Waals surface area contributed by atoms with Gasteiger partial charge in [-0.05, 0) is 61.8 Å². The number of rotatable bonds is 7. The first-order valence-corrected chi connectivity index (χ1v) is 14.7. The van der Waals surface area contributed by atoms with E-state index in [2.05, 4.69) is 14.6 Å². The van der Waals surface area contributed by atoms with Gasteiger partial charge in [0.15, 0.2) is 11.6 Å². The summed E-state index contributed by atoms with van der Waals surface area (Å²) in [4.78, 5) is 35.4. The van der Waals surface area contributed by atoms with Crippen LogP contribution in [-0.4, -0.2) is 71.2 Å². The minimum Gasteiger partial charge on any atom is -0.477 e. The summed E-state index contributed by atoms with van der Waals surface area (Å²) in [5.74, 6) is -2.94. The number of carboxylic acid groups (broad SMARTS) is 1. The molecule has 45 heavy (non-hydrogen) atoms. The van der Waals surface area contributed by atoms with Crippen molar-refractivity contribution in [3.8, 4) is 11.4 Å². The first-order chi connectivity index (χ1) is 21.6. The molecule has 4 aromatic rings. The van der Waals surface area contributed by atoms with E-state index in [0.29, 0.717) is 31.1 Å². The second kappa shape index (κ2) is 12.4. The Bertz CT molecular complexity index is 1770. The summed E-state index contributed by atoms with van der Waals surface area (Å²) in [5, 5.41) is 9.29. The predicted molar refractivity (Wildman–Crippen MR) is 161 cm³/mol. The SMILES string of the molecule is O=C(O)c1cn(-c2cccc(CN3CCCCC3)c2)c2c(OC(F)(F)F)c(N3CCN(c4ccccn4)CC3)c(F)cc2c1=O. The molecule has 1 N–H and O–H groups in total. The van der Waals surface area contributed by atoms with Crippen LogP contribution >= 0.6 is 0 Å². The van der Waals surface area contributed by atoms with Gasteiger partial charge in [-0.25, -0.2) is 14.2 Å². The fourth-order valence-corrected chi connectivity index (χ4v) is 6.16. The quantitative estimate of drug-likeness (QED) is 0.272. The number of alkyl halides is 3. The number of nitrogens with zero attached hydrogens (tertiary/aromatic N) is 5. The Morgan fingerprint density at radius 2 is 1.67 bits per heavy atom. The predicted octanol–water partition coefficient (Wildman–Crippen LogP) is 5.43. The molecular formula is C32H31F4N5O4. The number of piperazine rings is 1. The Labute approximate surface area is 255 Å². The van der Waals surface area contributed by atoms with E-state index in [-0.39, 0.29) is 18.6 Å². The van der Waals surface area contributed by atoms with Gasteiger partial charge < -0.3 is 24.2 Å². The van der Waals surface area contributed by atoms with Crippen molar-refractivity contribution in [2.45, 2.75) is 32.2 Å². The molecule has 2 saturated heterocycles. The molecule has 2 aromatic carbocycles. The van der Waals surface area contributed by atoms with E-state index in [1.807, 2.05) is 23.1 Å². The summed E-state index contributed by atoms with van der Waals surface area (Å²) in [7, 11) is 0. The molecule has 4 heterocycles. The third kappa shape index (κ3) is 6.44. The zero-order valence-electron chi connectivity index (χ0n) is 24.3. The van der Waals surface area contributed by atoms with E-state index < -0.39 is 46.0 Å². The van der Waals surface area contributed by atoms with Gasteiger partial charge in [-0.15, -0.1) is 13.2 Å². The van der Waals surface area contributed by atoms with Crippen LogP contribution in [0, 0.1) is 5.82 Å². The van der Waals surface area contributed by atoms with Crippen molar-refractivity contribution in [3.05, 3.63) is 88.1 Å². The second-order valence-electron chi connectivity index (χ2n) is 11.2. The van der Waals surface area contributed by atoms with Crippen molar-refractivity contribution in [1.29, 1.82) is 0 Å². The summed E-state index contributed by atoms with van der Waals surface area (Å²) in [5.41, 5.74) is -1.50. The summed E-state index contributed by atoms with van der Waals surface area (Å²) in [6.45, 7) is 3.35. The highest BCUT2D eigenvalue weighted by atomic mass is 19.4. The van der Waals surface area contributed by atoms with Crippen LogP contribution in [0.3, 0.4) is 0 Å². The molecule has 13 heteroatoms. The molecule has 0 spiro atoms. The lowest BCUT2D eigenvalue weighted by molar-refractivity contribution is -0.274. The lowest BCUT2D eigenvalue weighted by Crippen LogP contribution is -2.47. The Kier molecular flexibility index (Phi) is 8.36. The Hall–Kier alpha value is -4.65. The van der Waals surface area contributed by atoms with Gasteiger partial charge in [0.05, 0.1) is 5.39 Å². The van der Waals surface area contributed by atoms with Gasteiger partial charge in [-0.2, -0.15) is 0 Å². The van der Waals surface area contributed by atoms with Gasteiger partial charge in [0, 0.05) is 50.8 Å². The number of anilines is 2. The van der Waals surface area contributed by atoms with Crippen LogP contribution in [0.15, 0.2) is 65.7 Å². The van der Waals surface area contributed by atoms with Crippen LogP contribution < -0.4 is 20.0 Å². The zero-order chi connectivity index (χ0) is 31.7. The highest BCUT2D eigenvalue weighted by molar-refractivity contribution is 5.98. The number of aromatic nitrogens is 2. The average molecular weight is 626 g/mol. The summed E-state index contributed by atoms with van der Waals surface area (Å²) >= 11 is 0. The minimum absolute atomic E-state index is 0.135. The van der Waals surface area contributed by atoms with E-state index in [4.69, 9.17) is 0 Å². The summed E-state index contributed by atoms with van der Waals surface area (Å²) in [6, 6.07) is 13.1. The molecule has 2 fully saturated rings. The topological polar surface area (TPSA) is 91.1 Å². The summed E-state index contributed by atoms with van der Waals surface area (Å²) < 4.78 is 63.7. The zero-order valence-corrected chi connectivity index (χ0v) is 24.3. The van der Waals surface area contributed by atoms with Gasteiger partial charge in [-0.3, -0.25) is 9.69 Å². The molecule has 2 aromatic heterocycles. The van der Waals surface area contributed by atoms with Gasteiger partial charge in [0.2, 0.25) is 5.43 Å². The van der Waals surface area contributed by atoms with Crippen LogP contribution in [0.2, 0.25) is 0 Å². The van der Waals surface area contributed by atoms with Crippen molar-refractivity contribution in [1.82, 2.24) is 14.5 Å². The second-order valence-corrected chi connectivity index (χ2v) is 11.2. The number of halogens is 4. The van der Waals surface area contributed by atoms with Gasteiger partial charge in [0.25, 0.3) is 0 Å². The van der Waals surface area contributed by atoms with Crippen molar-refractivity contribution in [3.63, 3.8) is 0 Å². The van der Waals surface area contributed by atoms with E-state index in [1.165, 1.54) is 9.47 Å². The van der Waals surface area contributed by atoms with Gasteiger partial charge >= 0.3 is 12.3 Å². The number of piperidine rings is 1. The number of carbonyl (C=O) groups is 1. The highest BCUT2D eigenvalue weighted by Crippen LogP contribution is 2.42. The number of hydrogen-bond donors (Lipinski definition) is 1. The number of fused-ring (bicyclic) bond motifs is 1. The van der Waals surface area contributed by atoms with Gasteiger partial charge in [-0.1, -0.05) is 24.6 Å². The van der Waals surface area contributed by atoms with Gasteiger partial charge in [0.1, 0.15) is 22.6 Å². The number of hydrogen-bond acceptors (Lipinski definition) is 7. The molecule has 0 unspecified atom stereocenters. The van der Waals surface area contributed by atoms with Crippen LogP contribution in [-0.2, 0) is 6.54 Å². The van der Waals surface area contributed by atoms with E-state index in [1.54, 1.807) is 30.5 Å². The highest BCUT2D eigenvalue weighted by Gasteiger charge is 2.37. The third-order valence-corrected chi connectivity index (χ3v) is 8.23. The number of likely N-dealkylation sites (tertiary alicyclic amines) is 1. The Morgan fingerprint density at radius 1 is 0.933 bits per heavy atom. The lowest BCUT2D eigenvalue weighted by Gasteiger charge is -2.37. The Morgan fingerprint density at radius 3 is 2.33 bits per heavy atom. The molecule has 0 saturated carbocycles. The maximum absolute atomic E-state index is 15.9. The van der Waals surface area contributed by atoms with Crippen molar-refractivity contribution >= 4 is 28.4 Å². The fourth-order valence-electron chi connectivity index (χ4n) is 6.16. The number of carboxylic acids is 1. The monoisotopic (exact) mass is 625 g/mol. The number of pyridine rings is 2. The molecule has 0 amide bonds. The molecule has 2 aliphatic rings. The molecule has 0 radical (unpaired) electrons. The standard InChI is InChI=1S/C32H31F4N5O4/c33-25-18-23-27(30(45-32(34,35)36)28(25)40-15-13-39(14-16-40)26-9-2-3-10-37-26)41(20-24(29(23)42)31(43)44)22-8-6-7-21(17-22)19-38-11-4-1-5-12-38/h2-3,6-10,17-18,20H,1,4-5,11-16,19H2,(H,43,44). The fraction of sp³-hybridized carbons (Fsp3) is 0.344. The van der Waals surface area contributed by atoms with Crippen molar-refractivity contribution in [2.75, 3.05) is 49.1 Å². The van der Waals surface area contributed by atoms with Crippen molar-refractivity contribution in [2.24, 2.45) is 0 Å². The molecule has 2 aliphatic heterocycles. The normalized spacial score (nSPS) is 16.3. The molecular weight excluding hydrogens is 594 g/mol. The smallest absolute Gasteiger partial charge is 0.477 e. The van der Waals surface area contributed by atoms with Crippen LogP contribution in [0.25, 0.3) is 16.6 Å². The van der Waals surface area contributed by atoms with E-state index >= 15 is 4.39 Å². The summed E-state index contributed by atoms with van der Waals surface area (Å²) in [6.07, 6.45) is 0.650. The number of ether oxygens (including phenoxy) is 1. The van der Waals surface area contributed by atoms with E-state index in [9.17, 15) is 27.9 Å². The molecule has 9 nitrogen and oxygen atoms in total. The first kappa shape index (κ1) is 30.4. The molecule has 0 atom stereocenters. The first-order valence-electron chi connectivity index (χ1n) is 14.7. The maximum Gasteiger partial charge on any atom is 0.573 e. The number of aromatic carboxylic acids is 1. The van der Waals surface area contributed by atoms with Crippen LogP contribution in [0.1, 0.15) is 35.2 Å². The number of benzene rings is 2. The van der Waals surface area contributed by atoms with E-state index in [0.717, 1.165) is 50.2 Å². The van der Waals surface area contributed by atoms with Crippen LogP contribution in [0.5, 0.6) is 5.75 Å². The molecule has 0 aliphatic carbocycles. The van der Waals surface area contributed by atoms with Crippen LogP contribution in [0.4, 0.5) is 29.1 Å². The molecule has 236 valence electrons. The lowest BCUT2D eigenvalue weighted by atomic mass is 10.1. The third-order valence-electron chi connectivity index (χ3n) is 8.23. The Balaban J connectivity index is 1.51. The van der Waals surface area contributed by atoms with Crippen molar-refractivity contribution < 1.29 is 32.2 Å². The maximum atomic E-state index is 15.9. The minimum atomic E-state index is -5.24. The average Bonchev–Trinajstić information content (AvgIpc) is 3.02.